The lowest BCUT2D eigenvalue weighted by Gasteiger charge is -2.42. The normalized spacial score (nSPS) is 36.6. The number of fused-ring (bicyclic) bond motifs is 6. The molecule has 0 amide bonds. The molecule has 21 heavy (non-hydrogen) atoms. The van der Waals surface area contributed by atoms with Gasteiger partial charge < -0.3 is 24.4 Å². The van der Waals surface area contributed by atoms with Gasteiger partial charge in [-0.3, -0.25) is 4.79 Å². The summed E-state index contributed by atoms with van der Waals surface area (Å²) in [7, 11) is 1.38. The first kappa shape index (κ1) is 17.0. The summed E-state index contributed by atoms with van der Waals surface area (Å²) in [5, 5.41) is 20.3. The van der Waals surface area contributed by atoms with Gasteiger partial charge in [-0.05, 0) is 12.8 Å². The number of aliphatic hydroxyl groups excluding tert-OH is 2. The van der Waals surface area contributed by atoms with E-state index in [0.29, 0.717) is 24.5 Å². The van der Waals surface area contributed by atoms with Crippen LogP contribution in [-0.4, -0.2) is 66.0 Å². The lowest BCUT2D eigenvalue weighted by Crippen LogP contribution is -2.55. The Bertz CT molecular complexity index is 337. The number of esters is 1. The van der Waals surface area contributed by atoms with Gasteiger partial charge in [0.15, 0.2) is 6.29 Å². The van der Waals surface area contributed by atoms with Crippen LogP contribution in [0.5, 0.6) is 0 Å². The highest BCUT2D eigenvalue weighted by atomic mass is 32.2. The second-order valence-corrected chi connectivity index (χ2v) is 6.61. The molecule has 6 nitrogen and oxygen atoms in total. The fraction of sp³-hybridized carbons (Fsp3) is 0.929. The Kier molecular flexibility index (Phi) is 6.75. The van der Waals surface area contributed by atoms with Crippen molar-refractivity contribution in [3.05, 3.63) is 0 Å². The smallest absolute Gasteiger partial charge is 0.306 e. The fourth-order valence-corrected chi connectivity index (χ4v) is 3.82. The Labute approximate surface area is 129 Å². The Morgan fingerprint density at radius 2 is 2.14 bits per heavy atom. The Hall–Kier alpha value is -0.340. The van der Waals surface area contributed by atoms with E-state index in [0.717, 1.165) is 19.3 Å². The molecular formula is C14H24O6S. The number of ether oxygens (including phenoxy) is 3. The van der Waals surface area contributed by atoms with Crippen molar-refractivity contribution in [2.75, 3.05) is 25.2 Å². The zero-order valence-corrected chi connectivity index (χ0v) is 13.1. The van der Waals surface area contributed by atoms with Gasteiger partial charge in [0, 0.05) is 24.0 Å². The van der Waals surface area contributed by atoms with Gasteiger partial charge in [0.05, 0.1) is 25.7 Å². The third-order valence-corrected chi connectivity index (χ3v) is 5.09. The number of hydrogen-bond acceptors (Lipinski definition) is 7. The summed E-state index contributed by atoms with van der Waals surface area (Å²) in [5.74, 6) is 1.02. The fourth-order valence-electron chi connectivity index (χ4n) is 2.78. The molecule has 3 fully saturated rings. The molecule has 0 aromatic heterocycles. The Balaban J connectivity index is 1.87. The maximum absolute atomic E-state index is 11.1. The van der Waals surface area contributed by atoms with Crippen LogP contribution >= 0.6 is 11.8 Å². The number of hydrogen-bond donors (Lipinski definition) is 2. The summed E-state index contributed by atoms with van der Waals surface area (Å²) in [6, 6.07) is 0. The number of carbonyl (C=O) groups is 1. The van der Waals surface area contributed by atoms with Crippen LogP contribution in [0.3, 0.4) is 0 Å². The van der Waals surface area contributed by atoms with Crippen LogP contribution < -0.4 is 0 Å². The lowest BCUT2D eigenvalue weighted by molar-refractivity contribution is -0.277. The number of aliphatic hydroxyl groups is 2. The predicted octanol–water partition coefficient (Wildman–Crippen LogP) is 0.546. The Morgan fingerprint density at radius 3 is 2.90 bits per heavy atom. The summed E-state index contributed by atoms with van der Waals surface area (Å²) in [6.07, 6.45) is 0.346. The maximum atomic E-state index is 11.1. The SMILES string of the molecule is COC(=O)CCSCC1O[C@@H]2OCCCC[C@H]1[C@H](O)C2O. The molecule has 2 unspecified atom stereocenters. The summed E-state index contributed by atoms with van der Waals surface area (Å²) >= 11 is 1.60. The molecule has 3 aliphatic rings. The van der Waals surface area contributed by atoms with Gasteiger partial charge in [-0.15, -0.1) is 0 Å². The molecule has 122 valence electrons. The van der Waals surface area contributed by atoms with Crippen molar-refractivity contribution < 1.29 is 29.2 Å². The molecular weight excluding hydrogens is 296 g/mol. The molecule has 3 heterocycles. The zero-order valence-electron chi connectivity index (χ0n) is 12.3. The van der Waals surface area contributed by atoms with E-state index in [9.17, 15) is 15.0 Å². The molecule has 0 aromatic rings. The molecule has 2 N–H and O–H groups in total. The van der Waals surface area contributed by atoms with Gasteiger partial charge in [-0.25, -0.2) is 0 Å². The quantitative estimate of drug-likeness (QED) is 0.565. The van der Waals surface area contributed by atoms with Crippen molar-refractivity contribution in [3.8, 4) is 0 Å². The standard InChI is InChI=1S/C14H24O6S/c1-18-11(15)5-7-21-8-10-9-4-2-3-6-19-14(20-10)13(17)12(9)16/h9-10,12-14,16-17H,2-8H2,1H3/t9-,10?,12+,13?,14+/m1/s1. The molecule has 5 atom stereocenters. The average Bonchev–Trinajstić information content (AvgIpc) is 2.62. The molecule has 0 aliphatic carbocycles. The first-order valence-corrected chi connectivity index (χ1v) is 8.56. The minimum Gasteiger partial charge on any atom is -0.469 e. The van der Waals surface area contributed by atoms with Gasteiger partial charge in [-0.1, -0.05) is 6.42 Å². The van der Waals surface area contributed by atoms with Crippen molar-refractivity contribution in [1.82, 2.24) is 0 Å². The molecule has 3 rings (SSSR count). The van der Waals surface area contributed by atoms with Crippen LogP contribution in [0, 0.1) is 5.92 Å². The van der Waals surface area contributed by atoms with E-state index in [1.807, 2.05) is 0 Å². The van der Waals surface area contributed by atoms with E-state index >= 15 is 0 Å². The Morgan fingerprint density at radius 1 is 1.33 bits per heavy atom. The number of rotatable bonds is 5. The van der Waals surface area contributed by atoms with Crippen LogP contribution in [0.15, 0.2) is 0 Å². The number of methoxy groups -OCH3 is 1. The van der Waals surface area contributed by atoms with E-state index < -0.39 is 18.5 Å². The van der Waals surface area contributed by atoms with Crippen LogP contribution in [0.1, 0.15) is 25.7 Å². The largest absolute Gasteiger partial charge is 0.469 e. The first-order chi connectivity index (χ1) is 10.1. The number of carbonyl (C=O) groups excluding carboxylic acids is 1. The molecule has 2 bridgehead atoms. The highest BCUT2D eigenvalue weighted by Gasteiger charge is 2.44. The minimum atomic E-state index is -0.982. The molecule has 0 spiro atoms. The second-order valence-electron chi connectivity index (χ2n) is 5.46. The van der Waals surface area contributed by atoms with Crippen LogP contribution in [0.4, 0.5) is 0 Å². The van der Waals surface area contributed by atoms with Crippen molar-refractivity contribution in [1.29, 1.82) is 0 Å². The van der Waals surface area contributed by atoms with Gasteiger partial charge in [0.25, 0.3) is 0 Å². The lowest BCUT2D eigenvalue weighted by atomic mass is 9.86. The topological polar surface area (TPSA) is 85.2 Å². The third kappa shape index (κ3) is 4.56. The van der Waals surface area contributed by atoms with Crippen LogP contribution in [0.25, 0.3) is 0 Å². The van der Waals surface area contributed by atoms with Gasteiger partial charge in [0.2, 0.25) is 0 Å². The van der Waals surface area contributed by atoms with Crippen molar-refractivity contribution in [3.63, 3.8) is 0 Å². The van der Waals surface area contributed by atoms with Gasteiger partial charge in [-0.2, -0.15) is 11.8 Å². The summed E-state index contributed by atoms with van der Waals surface area (Å²) in [6.45, 7) is 0.545. The minimum absolute atomic E-state index is 0.0800. The van der Waals surface area contributed by atoms with Gasteiger partial charge in [0.1, 0.15) is 6.10 Å². The highest BCUT2D eigenvalue weighted by molar-refractivity contribution is 7.99. The van der Waals surface area contributed by atoms with Crippen LogP contribution in [0.2, 0.25) is 0 Å². The number of thioether (sulfide) groups is 1. The second kappa shape index (κ2) is 8.33. The summed E-state index contributed by atoms with van der Waals surface area (Å²) < 4.78 is 15.9. The van der Waals surface area contributed by atoms with E-state index in [-0.39, 0.29) is 18.0 Å². The van der Waals surface area contributed by atoms with Crippen molar-refractivity contribution in [2.45, 2.75) is 50.3 Å². The first-order valence-electron chi connectivity index (χ1n) is 7.41. The van der Waals surface area contributed by atoms with E-state index in [4.69, 9.17) is 9.47 Å². The monoisotopic (exact) mass is 320 g/mol. The summed E-state index contributed by atoms with van der Waals surface area (Å²) in [4.78, 5) is 11.1. The molecule has 3 saturated heterocycles. The zero-order chi connectivity index (χ0) is 15.2. The van der Waals surface area contributed by atoms with Crippen molar-refractivity contribution in [2.24, 2.45) is 5.92 Å². The molecule has 0 aromatic carbocycles. The van der Waals surface area contributed by atoms with E-state index in [1.165, 1.54) is 7.11 Å². The maximum Gasteiger partial charge on any atom is 0.306 e. The molecule has 3 aliphatic heterocycles. The highest BCUT2D eigenvalue weighted by Crippen LogP contribution is 2.33. The molecule has 7 heteroatoms. The summed E-state index contributed by atoms with van der Waals surface area (Å²) in [5.41, 5.74) is 0. The van der Waals surface area contributed by atoms with E-state index in [1.54, 1.807) is 11.8 Å². The average molecular weight is 320 g/mol. The predicted molar refractivity (Wildman–Crippen MR) is 77.9 cm³/mol. The third-order valence-electron chi connectivity index (χ3n) is 4.03. The van der Waals surface area contributed by atoms with Gasteiger partial charge >= 0.3 is 5.97 Å². The molecule has 0 radical (unpaired) electrons. The molecule has 0 saturated carbocycles. The van der Waals surface area contributed by atoms with E-state index in [2.05, 4.69) is 4.74 Å². The van der Waals surface area contributed by atoms with Crippen LogP contribution in [-0.2, 0) is 19.0 Å². The van der Waals surface area contributed by atoms with Crippen molar-refractivity contribution >= 4 is 17.7 Å².